The van der Waals surface area contributed by atoms with Gasteiger partial charge >= 0.3 is 5.97 Å². The first-order valence-electron chi connectivity index (χ1n) is 7.37. The highest BCUT2D eigenvalue weighted by molar-refractivity contribution is 5.79. The van der Waals surface area contributed by atoms with E-state index in [2.05, 4.69) is 16.4 Å². The zero-order valence-electron chi connectivity index (χ0n) is 12.0. The van der Waals surface area contributed by atoms with Gasteiger partial charge in [-0.2, -0.15) is 0 Å². The molecule has 0 bridgehead atoms. The Balaban J connectivity index is 2.52. The van der Waals surface area contributed by atoms with Crippen LogP contribution < -0.4 is 0 Å². The number of hydrogen-bond donors (Lipinski definition) is 2. The lowest BCUT2D eigenvalue weighted by molar-refractivity contribution is -0.521. The van der Waals surface area contributed by atoms with E-state index in [4.69, 9.17) is 10.2 Å². The van der Waals surface area contributed by atoms with Crippen molar-refractivity contribution in [2.75, 3.05) is 32.8 Å². The first-order chi connectivity index (χ1) is 9.19. The molecule has 0 aromatic heterocycles. The van der Waals surface area contributed by atoms with Crippen LogP contribution in [0.2, 0.25) is 0 Å². The molecule has 0 atom stereocenters. The number of hydrogen-bond acceptors (Lipinski definition) is 3. The Morgan fingerprint density at radius 2 is 2.16 bits per heavy atom. The highest BCUT2D eigenvalue weighted by Gasteiger charge is 2.29. The van der Waals surface area contributed by atoms with Crippen LogP contribution in [0.1, 0.15) is 45.4 Å². The minimum absolute atomic E-state index is 0.158. The number of amidine groups is 1. The second-order valence-corrected chi connectivity index (χ2v) is 5.07. The molecule has 0 saturated heterocycles. The highest BCUT2D eigenvalue weighted by Crippen LogP contribution is 2.11. The summed E-state index contributed by atoms with van der Waals surface area (Å²) in [7, 11) is 0. The van der Waals surface area contributed by atoms with Gasteiger partial charge in [0.2, 0.25) is 5.84 Å². The zero-order chi connectivity index (χ0) is 14.1. The topological polar surface area (TPSA) is 63.8 Å². The van der Waals surface area contributed by atoms with E-state index in [1.54, 1.807) is 0 Å². The van der Waals surface area contributed by atoms with Crippen molar-refractivity contribution in [3.63, 3.8) is 0 Å². The molecule has 1 aliphatic rings. The number of aliphatic hydroxyl groups excluding tert-OH is 1. The molecule has 2 N–H and O–H groups in total. The van der Waals surface area contributed by atoms with Gasteiger partial charge in [0.1, 0.15) is 19.6 Å². The molecule has 0 saturated carbocycles. The molecule has 5 nitrogen and oxygen atoms in total. The van der Waals surface area contributed by atoms with E-state index in [-0.39, 0.29) is 13.0 Å². The fraction of sp³-hybridized carbons (Fsp3) is 0.857. The number of aliphatic carboxylic acids is 1. The number of nitrogens with zero attached hydrogens (tertiary/aromatic N) is 2. The summed E-state index contributed by atoms with van der Waals surface area (Å²) in [6.45, 7) is 5.39. The molecule has 1 aliphatic heterocycles. The maximum atomic E-state index is 10.7. The van der Waals surface area contributed by atoms with E-state index < -0.39 is 5.97 Å². The SMILES string of the molecule is CCCCCCC1=[N+](CCO)CCN1CCC(=O)O. The average molecular weight is 271 g/mol. The Morgan fingerprint density at radius 1 is 1.37 bits per heavy atom. The van der Waals surface area contributed by atoms with Crippen molar-refractivity contribution in [1.82, 2.24) is 4.90 Å². The molecule has 0 aliphatic carbocycles. The number of aliphatic hydroxyl groups is 1. The molecule has 0 spiro atoms. The van der Waals surface area contributed by atoms with Crippen molar-refractivity contribution in [1.29, 1.82) is 0 Å². The zero-order valence-corrected chi connectivity index (χ0v) is 12.0. The fourth-order valence-electron chi connectivity index (χ4n) is 2.56. The third-order valence-electron chi connectivity index (χ3n) is 3.59. The largest absolute Gasteiger partial charge is 0.481 e. The first kappa shape index (κ1) is 16.0. The number of unbranched alkanes of at least 4 members (excludes halogenated alkanes) is 3. The van der Waals surface area contributed by atoms with Crippen LogP contribution in [0.5, 0.6) is 0 Å². The molecule has 0 aromatic rings. The summed E-state index contributed by atoms with van der Waals surface area (Å²) in [4.78, 5) is 12.9. The number of β-amino-alcohol motifs (C(OH)–C–C–N with tert-alkyl or cyclic N) is 1. The van der Waals surface area contributed by atoms with Crippen LogP contribution in [0.4, 0.5) is 0 Å². The summed E-state index contributed by atoms with van der Waals surface area (Å²) in [5.41, 5.74) is 0. The summed E-state index contributed by atoms with van der Waals surface area (Å²) < 4.78 is 2.20. The molecule has 0 amide bonds. The maximum Gasteiger partial charge on any atom is 0.307 e. The Kier molecular flexibility index (Phi) is 7.48. The molecule has 19 heavy (non-hydrogen) atoms. The van der Waals surface area contributed by atoms with Crippen LogP contribution in [0.25, 0.3) is 0 Å². The molecular weight excluding hydrogens is 244 g/mol. The average Bonchev–Trinajstić information content (AvgIpc) is 2.75. The van der Waals surface area contributed by atoms with Crippen molar-refractivity contribution >= 4 is 11.8 Å². The van der Waals surface area contributed by atoms with E-state index in [0.29, 0.717) is 13.1 Å². The smallest absolute Gasteiger partial charge is 0.307 e. The number of rotatable bonds is 10. The number of carboxylic acids is 1. The van der Waals surface area contributed by atoms with Gasteiger partial charge in [-0.05, 0) is 6.42 Å². The Bertz CT molecular complexity index is 316. The normalized spacial score (nSPS) is 15.4. The minimum Gasteiger partial charge on any atom is -0.481 e. The monoisotopic (exact) mass is 271 g/mol. The molecule has 0 aromatic carbocycles. The highest BCUT2D eigenvalue weighted by atomic mass is 16.4. The van der Waals surface area contributed by atoms with Crippen LogP contribution in [-0.4, -0.2) is 64.3 Å². The third kappa shape index (κ3) is 5.59. The summed E-state index contributed by atoms with van der Waals surface area (Å²) in [5.74, 6) is 0.484. The lowest BCUT2D eigenvalue weighted by atomic mass is 10.1. The van der Waals surface area contributed by atoms with E-state index in [1.165, 1.54) is 25.1 Å². The Morgan fingerprint density at radius 3 is 2.79 bits per heavy atom. The molecule has 0 unspecified atom stereocenters. The molecule has 110 valence electrons. The van der Waals surface area contributed by atoms with Crippen LogP contribution in [-0.2, 0) is 4.79 Å². The van der Waals surface area contributed by atoms with Gasteiger partial charge in [-0.3, -0.25) is 14.3 Å². The van der Waals surface area contributed by atoms with Gasteiger partial charge in [0.15, 0.2) is 0 Å². The quantitative estimate of drug-likeness (QED) is 0.462. The Hall–Kier alpha value is -1.10. The summed E-state index contributed by atoms with van der Waals surface area (Å²) in [6.07, 6.45) is 6.03. The van der Waals surface area contributed by atoms with Gasteiger partial charge in [-0.25, -0.2) is 0 Å². The molecule has 1 rings (SSSR count). The van der Waals surface area contributed by atoms with Gasteiger partial charge in [-0.15, -0.1) is 0 Å². The van der Waals surface area contributed by atoms with Gasteiger partial charge in [0.05, 0.1) is 19.6 Å². The van der Waals surface area contributed by atoms with Crippen LogP contribution in [0.3, 0.4) is 0 Å². The third-order valence-corrected chi connectivity index (χ3v) is 3.59. The fourth-order valence-corrected chi connectivity index (χ4v) is 2.56. The summed E-state index contributed by atoms with van der Waals surface area (Å²) in [5, 5.41) is 17.9. The summed E-state index contributed by atoms with van der Waals surface area (Å²) in [6, 6.07) is 0. The van der Waals surface area contributed by atoms with E-state index in [0.717, 1.165) is 25.9 Å². The molecule has 1 heterocycles. The van der Waals surface area contributed by atoms with Crippen molar-refractivity contribution in [3.05, 3.63) is 0 Å². The maximum absolute atomic E-state index is 10.7. The lowest BCUT2D eigenvalue weighted by Gasteiger charge is -2.12. The number of carboxylic acid groups (broad SMARTS) is 1. The van der Waals surface area contributed by atoms with Crippen molar-refractivity contribution in [2.24, 2.45) is 0 Å². The van der Waals surface area contributed by atoms with Crippen LogP contribution in [0, 0.1) is 0 Å². The molecule has 5 heteroatoms. The van der Waals surface area contributed by atoms with Gasteiger partial charge < -0.3 is 10.2 Å². The second kappa shape index (κ2) is 8.91. The lowest BCUT2D eigenvalue weighted by Crippen LogP contribution is -2.32. The van der Waals surface area contributed by atoms with Crippen molar-refractivity contribution in [2.45, 2.75) is 45.4 Å². The standard InChI is InChI=1S/C14H26N2O3/c1-2-3-4-5-6-13-15(8-7-14(18)19)9-10-16(13)11-12-17/h17H,2-12H2,1H3/p+1. The minimum atomic E-state index is -0.744. The van der Waals surface area contributed by atoms with Crippen molar-refractivity contribution in [3.8, 4) is 0 Å². The van der Waals surface area contributed by atoms with Crippen molar-refractivity contribution < 1.29 is 19.6 Å². The van der Waals surface area contributed by atoms with Gasteiger partial charge in [0.25, 0.3) is 0 Å². The van der Waals surface area contributed by atoms with Crippen LogP contribution >= 0.6 is 0 Å². The predicted molar refractivity (Wildman–Crippen MR) is 74.7 cm³/mol. The molecular formula is C14H27N2O3+. The first-order valence-corrected chi connectivity index (χ1v) is 7.37. The van der Waals surface area contributed by atoms with E-state index in [1.807, 2.05) is 0 Å². The predicted octanol–water partition coefficient (Wildman–Crippen LogP) is 1.15. The number of carbonyl (C=O) groups is 1. The molecule has 0 radical (unpaired) electrons. The van der Waals surface area contributed by atoms with E-state index in [9.17, 15) is 4.79 Å². The Labute approximate surface area is 115 Å². The molecule has 0 fully saturated rings. The van der Waals surface area contributed by atoms with Gasteiger partial charge in [0, 0.05) is 6.42 Å². The van der Waals surface area contributed by atoms with Crippen LogP contribution in [0.15, 0.2) is 0 Å². The second-order valence-electron chi connectivity index (χ2n) is 5.07. The summed E-state index contributed by atoms with van der Waals surface area (Å²) >= 11 is 0. The van der Waals surface area contributed by atoms with Gasteiger partial charge in [-0.1, -0.05) is 26.2 Å². The van der Waals surface area contributed by atoms with E-state index >= 15 is 0 Å².